The van der Waals surface area contributed by atoms with Crippen molar-refractivity contribution in [2.45, 2.75) is 45.6 Å². The second kappa shape index (κ2) is 6.40. The first-order chi connectivity index (χ1) is 9.68. The summed E-state index contributed by atoms with van der Waals surface area (Å²) in [5.41, 5.74) is 0.798. The van der Waals surface area contributed by atoms with Gasteiger partial charge < -0.3 is 10.0 Å². The Morgan fingerprint density at radius 3 is 2.45 bits per heavy atom. The highest BCUT2D eigenvalue weighted by Crippen LogP contribution is 2.40. The third-order valence-corrected chi connectivity index (χ3v) is 4.86. The van der Waals surface area contributed by atoms with E-state index in [1.165, 1.54) is 0 Å². The predicted octanol–water partition coefficient (Wildman–Crippen LogP) is 3.15. The Kier molecular flexibility index (Phi) is 4.81. The van der Waals surface area contributed by atoms with Crippen LogP contribution in [0.4, 0.5) is 0 Å². The minimum atomic E-state index is -0.222. The van der Waals surface area contributed by atoms with E-state index in [0.717, 1.165) is 37.8 Å². The van der Waals surface area contributed by atoms with Crippen LogP contribution >= 0.6 is 0 Å². The van der Waals surface area contributed by atoms with Gasteiger partial charge in [0.25, 0.3) is 0 Å². The number of rotatable bonds is 5. The lowest BCUT2D eigenvalue weighted by Gasteiger charge is -2.44. The van der Waals surface area contributed by atoms with Crippen molar-refractivity contribution in [3.05, 3.63) is 35.9 Å². The van der Waals surface area contributed by atoms with E-state index in [1.54, 1.807) is 0 Å². The number of benzene rings is 1. The van der Waals surface area contributed by atoms with E-state index in [0.29, 0.717) is 0 Å². The molecule has 110 valence electrons. The van der Waals surface area contributed by atoms with Crippen molar-refractivity contribution in [1.82, 2.24) is 4.90 Å². The molecular formula is C17H25NO2. The first-order valence-corrected chi connectivity index (χ1v) is 7.65. The zero-order valence-corrected chi connectivity index (χ0v) is 12.5. The number of aliphatic hydroxyl groups excluding tert-OH is 1. The van der Waals surface area contributed by atoms with E-state index in [1.807, 2.05) is 35.2 Å². The highest BCUT2D eigenvalue weighted by Gasteiger charge is 2.43. The molecule has 1 aliphatic rings. The van der Waals surface area contributed by atoms with Gasteiger partial charge in [-0.1, -0.05) is 44.2 Å². The Labute approximate surface area is 121 Å². The lowest BCUT2D eigenvalue weighted by molar-refractivity contribution is -0.151. The number of aliphatic hydroxyl groups is 1. The number of amides is 1. The van der Waals surface area contributed by atoms with Crippen molar-refractivity contribution in [1.29, 1.82) is 0 Å². The number of piperidine rings is 1. The molecule has 1 fully saturated rings. The van der Waals surface area contributed by atoms with Crippen LogP contribution in [-0.4, -0.2) is 29.1 Å². The lowest BCUT2D eigenvalue weighted by atomic mass is 9.74. The standard InChI is InChI=1S/C17H25NO2/c1-3-17(4-2)11-8-12-18(16(17)20)15(13-19)14-9-6-5-7-10-14/h5-7,9-10,15,19H,3-4,8,11-13H2,1-2H3/t15-/m0/s1. The van der Waals surface area contributed by atoms with Crippen molar-refractivity contribution in [3.63, 3.8) is 0 Å². The number of likely N-dealkylation sites (tertiary alicyclic amines) is 1. The van der Waals surface area contributed by atoms with Crippen LogP contribution in [0, 0.1) is 5.41 Å². The topological polar surface area (TPSA) is 40.5 Å². The van der Waals surface area contributed by atoms with Crippen LogP contribution in [0.3, 0.4) is 0 Å². The van der Waals surface area contributed by atoms with Gasteiger partial charge in [-0.3, -0.25) is 4.79 Å². The Bertz CT molecular complexity index is 440. The molecule has 20 heavy (non-hydrogen) atoms. The fourth-order valence-corrected chi connectivity index (χ4v) is 3.36. The van der Waals surface area contributed by atoms with E-state index in [4.69, 9.17) is 0 Å². The molecule has 0 aromatic heterocycles. The summed E-state index contributed by atoms with van der Waals surface area (Å²) in [5, 5.41) is 9.77. The smallest absolute Gasteiger partial charge is 0.229 e. The van der Waals surface area contributed by atoms with Crippen molar-refractivity contribution >= 4 is 5.91 Å². The molecule has 1 N–H and O–H groups in total. The highest BCUT2D eigenvalue weighted by molar-refractivity contribution is 5.83. The maximum atomic E-state index is 12.9. The maximum absolute atomic E-state index is 12.9. The number of nitrogens with zero attached hydrogens (tertiary/aromatic N) is 1. The van der Waals surface area contributed by atoms with E-state index in [9.17, 15) is 9.90 Å². The van der Waals surface area contributed by atoms with Gasteiger partial charge in [-0.15, -0.1) is 0 Å². The van der Waals surface area contributed by atoms with Crippen molar-refractivity contribution < 1.29 is 9.90 Å². The molecule has 1 saturated heterocycles. The van der Waals surface area contributed by atoms with Crippen LogP contribution in [0.1, 0.15) is 51.1 Å². The molecule has 1 aromatic rings. The zero-order chi connectivity index (χ0) is 14.6. The van der Waals surface area contributed by atoms with Crippen molar-refractivity contribution in [2.24, 2.45) is 5.41 Å². The summed E-state index contributed by atoms with van der Waals surface area (Å²) in [4.78, 5) is 14.8. The molecule has 1 amide bonds. The molecule has 0 saturated carbocycles. The van der Waals surface area contributed by atoms with Gasteiger partial charge in [-0.05, 0) is 31.2 Å². The maximum Gasteiger partial charge on any atom is 0.229 e. The molecule has 0 unspecified atom stereocenters. The predicted molar refractivity (Wildman–Crippen MR) is 80.2 cm³/mol. The van der Waals surface area contributed by atoms with Crippen molar-refractivity contribution in [2.75, 3.05) is 13.2 Å². The van der Waals surface area contributed by atoms with Crippen LogP contribution in [0.25, 0.3) is 0 Å². The average molecular weight is 275 g/mol. The summed E-state index contributed by atoms with van der Waals surface area (Å²) in [6.07, 6.45) is 3.76. The Morgan fingerprint density at radius 2 is 1.90 bits per heavy atom. The Balaban J connectivity index is 2.28. The van der Waals surface area contributed by atoms with Gasteiger partial charge in [0.1, 0.15) is 0 Å². The molecule has 0 bridgehead atoms. The normalized spacial score (nSPS) is 19.9. The van der Waals surface area contributed by atoms with Crippen molar-refractivity contribution in [3.8, 4) is 0 Å². The quantitative estimate of drug-likeness (QED) is 0.896. The van der Waals surface area contributed by atoms with Crippen LogP contribution in [0.2, 0.25) is 0 Å². The number of carbonyl (C=O) groups excluding carboxylic acids is 1. The molecule has 1 aliphatic heterocycles. The Morgan fingerprint density at radius 1 is 1.25 bits per heavy atom. The highest BCUT2D eigenvalue weighted by atomic mass is 16.3. The Hall–Kier alpha value is -1.35. The van der Waals surface area contributed by atoms with Gasteiger partial charge in [0, 0.05) is 12.0 Å². The first kappa shape index (κ1) is 15.0. The summed E-state index contributed by atoms with van der Waals surface area (Å²) in [6, 6.07) is 9.64. The number of carbonyl (C=O) groups is 1. The minimum absolute atomic E-state index is 0.0146. The van der Waals surface area contributed by atoms with Crippen LogP contribution < -0.4 is 0 Å². The van der Waals surface area contributed by atoms with Gasteiger partial charge in [0.05, 0.1) is 12.6 Å². The summed E-state index contributed by atoms with van der Waals surface area (Å²) in [6.45, 7) is 4.93. The molecule has 1 aromatic carbocycles. The lowest BCUT2D eigenvalue weighted by Crippen LogP contribution is -2.50. The number of hydrogen-bond donors (Lipinski definition) is 1. The molecule has 0 spiro atoms. The number of hydrogen-bond acceptors (Lipinski definition) is 2. The van der Waals surface area contributed by atoms with Crippen LogP contribution in [0.5, 0.6) is 0 Å². The SMILES string of the molecule is CCC1(CC)CCCN([C@@H](CO)c2ccccc2)C1=O. The fraction of sp³-hybridized carbons (Fsp3) is 0.588. The molecular weight excluding hydrogens is 250 g/mol. The zero-order valence-electron chi connectivity index (χ0n) is 12.5. The van der Waals surface area contributed by atoms with E-state index >= 15 is 0 Å². The second-order valence-electron chi connectivity index (χ2n) is 5.70. The summed E-state index contributed by atoms with van der Waals surface area (Å²) in [7, 11) is 0. The third kappa shape index (κ3) is 2.59. The van der Waals surface area contributed by atoms with Gasteiger partial charge in [-0.2, -0.15) is 0 Å². The molecule has 3 heteroatoms. The van der Waals surface area contributed by atoms with Gasteiger partial charge in [0.15, 0.2) is 0 Å². The second-order valence-corrected chi connectivity index (χ2v) is 5.70. The van der Waals surface area contributed by atoms with Gasteiger partial charge in [-0.25, -0.2) is 0 Å². The summed E-state index contributed by atoms with van der Waals surface area (Å²) in [5.74, 6) is 0.219. The van der Waals surface area contributed by atoms with Gasteiger partial charge in [0.2, 0.25) is 5.91 Å². The molecule has 0 radical (unpaired) electrons. The summed E-state index contributed by atoms with van der Waals surface area (Å²) < 4.78 is 0. The van der Waals surface area contributed by atoms with E-state index in [2.05, 4.69) is 13.8 Å². The first-order valence-electron chi connectivity index (χ1n) is 7.65. The van der Waals surface area contributed by atoms with Crippen LogP contribution in [0.15, 0.2) is 30.3 Å². The third-order valence-electron chi connectivity index (χ3n) is 4.86. The molecule has 2 rings (SSSR count). The minimum Gasteiger partial charge on any atom is -0.394 e. The monoisotopic (exact) mass is 275 g/mol. The fourth-order valence-electron chi connectivity index (χ4n) is 3.36. The van der Waals surface area contributed by atoms with Crippen LogP contribution in [-0.2, 0) is 4.79 Å². The van der Waals surface area contributed by atoms with E-state index < -0.39 is 0 Å². The molecule has 1 heterocycles. The summed E-state index contributed by atoms with van der Waals surface area (Å²) >= 11 is 0. The molecule has 3 nitrogen and oxygen atoms in total. The van der Waals surface area contributed by atoms with Gasteiger partial charge >= 0.3 is 0 Å². The van der Waals surface area contributed by atoms with E-state index in [-0.39, 0.29) is 24.0 Å². The average Bonchev–Trinajstić information content (AvgIpc) is 2.51. The molecule has 0 aliphatic carbocycles. The largest absolute Gasteiger partial charge is 0.394 e. The molecule has 1 atom stereocenters.